The van der Waals surface area contributed by atoms with Crippen molar-refractivity contribution < 1.29 is 14.7 Å². The smallest absolute Gasteiger partial charge is 0.251 e. The summed E-state index contributed by atoms with van der Waals surface area (Å²) < 4.78 is 0. The van der Waals surface area contributed by atoms with E-state index in [4.69, 9.17) is 23.2 Å². The van der Waals surface area contributed by atoms with Crippen LogP contribution < -0.4 is 5.32 Å². The van der Waals surface area contributed by atoms with E-state index in [2.05, 4.69) is 10.3 Å². The number of piperidine rings is 1. The SMILES string of the molecule is CN=CCC[C@@H](NC(=O)c1ccc(Cl)cc1)C(=O)N1CC[C@](O)(c2ccc(Cl)cc2)C(C)(C)C1. The molecule has 0 bridgehead atoms. The molecule has 8 heteroatoms. The second-order valence-corrected chi connectivity index (χ2v) is 10.2. The van der Waals surface area contributed by atoms with Gasteiger partial charge in [0, 0.05) is 41.2 Å². The number of carbonyl (C=O) groups is 2. The lowest BCUT2D eigenvalue weighted by Gasteiger charge is -2.51. The van der Waals surface area contributed by atoms with Crippen LogP contribution in [0.2, 0.25) is 10.0 Å². The number of aliphatic hydroxyl groups is 1. The van der Waals surface area contributed by atoms with Crippen LogP contribution in [0.3, 0.4) is 0 Å². The van der Waals surface area contributed by atoms with Crippen LogP contribution in [0.4, 0.5) is 0 Å². The summed E-state index contributed by atoms with van der Waals surface area (Å²) in [5.74, 6) is -0.504. The van der Waals surface area contributed by atoms with Crippen molar-refractivity contribution in [2.75, 3.05) is 20.1 Å². The van der Waals surface area contributed by atoms with Crippen molar-refractivity contribution in [2.45, 2.75) is 44.8 Å². The van der Waals surface area contributed by atoms with Crippen molar-refractivity contribution in [2.24, 2.45) is 10.4 Å². The Balaban J connectivity index is 1.77. The number of nitrogens with zero attached hydrogens (tertiary/aromatic N) is 2. The monoisotopic (exact) mass is 503 g/mol. The van der Waals surface area contributed by atoms with E-state index in [1.54, 1.807) is 54.6 Å². The molecular weight excluding hydrogens is 473 g/mol. The molecule has 34 heavy (non-hydrogen) atoms. The van der Waals surface area contributed by atoms with Gasteiger partial charge in [-0.15, -0.1) is 0 Å². The lowest BCUT2D eigenvalue weighted by molar-refractivity contribution is -0.154. The Labute approximate surface area is 211 Å². The molecule has 0 aliphatic carbocycles. The molecule has 2 atom stereocenters. The minimum absolute atomic E-state index is 0.168. The largest absolute Gasteiger partial charge is 0.384 e. The summed E-state index contributed by atoms with van der Waals surface area (Å²) in [5, 5.41) is 15.6. The summed E-state index contributed by atoms with van der Waals surface area (Å²) in [5.41, 5.74) is -0.515. The molecule has 1 aliphatic rings. The first-order valence-corrected chi connectivity index (χ1v) is 12.1. The van der Waals surface area contributed by atoms with E-state index in [1.807, 2.05) is 26.0 Å². The lowest BCUT2D eigenvalue weighted by Crippen LogP contribution is -2.59. The molecule has 6 nitrogen and oxygen atoms in total. The van der Waals surface area contributed by atoms with E-state index < -0.39 is 17.1 Å². The Kier molecular flexibility index (Phi) is 8.39. The Bertz CT molecular complexity index is 1040. The van der Waals surface area contributed by atoms with Crippen molar-refractivity contribution in [3.05, 3.63) is 69.7 Å². The number of likely N-dealkylation sites (tertiary alicyclic amines) is 1. The molecule has 0 aromatic heterocycles. The van der Waals surface area contributed by atoms with Gasteiger partial charge in [-0.05, 0) is 67.4 Å². The average molecular weight is 504 g/mol. The third-order valence-corrected chi connectivity index (χ3v) is 7.06. The minimum atomic E-state index is -1.11. The molecule has 1 fully saturated rings. The van der Waals surface area contributed by atoms with Gasteiger partial charge in [-0.3, -0.25) is 9.59 Å². The van der Waals surface area contributed by atoms with Gasteiger partial charge in [0.25, 0.3) is 5.91 Å². The first-order chi connectivity index (χ1) is 16.1. The highest BCUT2D eigenvalue weighted by Gasteiger charge is 2.50. The highest BCUT2D eigenvalue weighted by Crippen LogP contribution is 2.46. The summed E-state index contributed by atoms with van der Waals surface area (Å²) in [7, 11) is 1.67. The summed E-state index contributed by atoms with van der Waals surface area (Å²) in [4.78, 5) is 32.1. The fraction of sp³-hybridized carbons (Fsp3) is 0.423. The summed E-state index contributed by atoms with van der Waals surface area (Å²) in [6.45, 7) is 4.62. The van der Waals surface area contributed by atoms with E-state index in [0.29, 0.717) is 48.0 Å². The van der Waals surface area contributed by atoms with Crippen LogP contribution in [0.15, 0.2) is 53.5 Å². The van der Waals surface area contributed by atoms with Crippen molar-refractivity contribution >= 4 is 41.2 Å². The van der Waals surface area contributed by atoms with Gasteiger partial charge >= 0.3 is 0 Å². The number of benzene rings is 2. The van der Waals surface area contributed by atoms with Crippen LogP contribution in [0.25, 0.3) is 0 Å². The van der Waals surface area contributed by atoms with Gasteiger partial charge in [-0.25, -0.2) is 0 Å². The standard InChI is InChI=1S/C26H31Cl2N3O3/c1-25(2)17-31(16-14-26(25,34)19-8-12-21(28)13-9-19)24(33)22(5-4-15-29-3)30-23(32)18-6-10-20(27)11-7-18/h6-13,15,22,34H,4-5,14,16-17H2,1-3H3,(H,30,32)/t22-,26+/m1/s1. The van der Waals surface area contributed by atoms with Gasteiger partial charge in [0.1, 0.15) is 6.04 Å². The number of nitrogens with one attached hydrogen (secondary N) is 1. The zero-order valence-electron chi connectivity index (χ0n) is 19.7. The maximum atomic E-state index is 13.5. The van der Waals surface area contributed by atoms with Crippen molar-refractivity contribution in [1.29, 1.82) is 0 Å². The van der Waals surface area contributed by atoms with Crippen LogP contribution >= 0.6 is 23.2 Å². The van der Waals surface area contributed by atoms with E-state index in [-0.39, 0.29) is 11.8 Å². The maximum absolute atomic E-state index is 13.5. The lowest BCUT2D eigenvalue weighted by atomic mass is 9.66. The summed E-state index contributed by atoms with van der Waals surface area (Å²) >= 11 is 12.0. The number of hydrogen-bond donors (Lipinski definition) is 2. The quantitative estimate of drug-likeness (QED) is 0.536. The van der Waals surface area contributed by atoms with Crippen molar-refractivity contribution in [3.63, 3.8) is 0 Å². The first kappa shape index (κ1) is 26.2. The van der Waals surface area contributed by atoms with E-state index in [0.717, 1.165) is 5.56 Å². The molecule has 1 saturated heterocycles. The van der Waals surface area contributed by atoms with E-state index >= 15 is 0 Å². The predicted octanol–water partition coefficient (Wildman–Crippen LogP) is 4.72. The molecule has 0 unspecified atom stereocenters. The second-order valence-electron chi connectivity index (χ2n) is 9.31. The molecule has 2 amide bonds. The topological polar surface area (TPSA) is 82.0 Å². The van der Waals surface area contributed by atoms with Gasteiger partial charge in [-0.2, -0.15) is 0 Å². The molecule has 182 valence electrons. The van der Waals surface area contributed by atoms with E-state index in [1.165, 1.54) is 0 Å². The van der Waals surface area contributed by atoms with Crippen LogP contribution in [0, 0.1) is 5.41 Å². The Morgan fingerprint density at radius 1 is 1.12 bits per heavy atom. The Morgan fingerprint density at radius 2 is 1.71 bits per heavy atom. The molecule has 2 N–H and O–H groups in total. The van der Waals surface area contributed by atoms with Gasteiger partial charge in [-0.1, -0.05) is 49.2 Å². The zero-order valence-corrected chi connectivity index (χ0v) is 21.2. The minimum Gasteiger partial charge on any atom is -0.384 e. The normalized spacial score (nSPS) is 20.8. The van der Waals surface area contributed by atoms with Gasteiger partial charge < -0.3 is 20.3 Å². The molecular formula is C26H31Cl2N3O3. The summed E-state index contributed by atoms with van der Waals surface area (Å²) in [6.07, 6.45) is 3.09. The number of carbonyl (C=O) groups excluding carboxylic acids is 2. The third kappa shape index (κ3) is 5.80. The summed E-state index contributed by atoms with van der Waals surface area (Å²) in [6, 6.07) is 13.0. The first-order valence-electron chi connectivity index (χ1n) is 11.3. The van der Waals surface area contributed by atoms with Gasteiger partial charge in [0.2, 0.25) is 5.91 Å². The van der Waals surface area contributed by atoms with Crippen LogP contribution in [-0.2, 0) is 10.4 Å². The van der Waals surface area contributed by atoms with Crippen molar-refractivity contribution in [3.8, 4) is 0 Å². The Morgan fingerprint density at radius 3 is 2.26 bits per heavy atom. The van der Waals surface area contributed by atoms with Crippen LogP contribution in [0.1, 0.15) is 49.0 Å². The van der Waals surface area contributed by atoms with Gasteiger partial charge in [0.15, 0.2) is 0 Å². The molecule has 0 saturated carbocycles. The third-order valence-electron chi connectivity index (χ3n) is 6.56. The van der Waals surface area contributed by atoms with Crippen LogP contribution in [-0.4, -0.2) is 54.2 Å². The van der Waals surface area contributed by atoms with Gasteiger partial charge in [0.05, 0.1) is 5.60 Å². The highest BCUT2D eigenvalue weighted by molar-refractivity contribution is 6.30. The second kappa shape index (κ2) is 10.9. The highest BCUT2D eigenvalue weighted by atomic mass is 35.5. The van der Waals surface area contributed by atoms with Crippen LogP contribution in [0.5, 0.6) is 0 Å². The number of aliphatic imine (C=N–C) groups is 1. The number of halogens is 2. The maximum Gasteiger partial charge on any atom is 0.251 e. The molecule has 1 heterocycles. The molecule has 0 radical (unpaired) electrons. The van der Waals surface area contributed by atoms with Crippen molar-refractivity contribution in [1.82, 2.24) is 10.2 Å². The molecule has 1 aliphatic heterocycles. The number of amides is 2. The molecule has 3 rings (SSSR count). The Hall–Kier alpha value is -2.41. The average Bonchev–Trinajstić information content (AvgIpc) is 2.80. The molecule has 0 spiro atoms. The fourth-order valence-corrected chi connectivity index (χ4v) is 4.71. The van der Waals surface area contributed by atoms with E-state index in [9.17, 15) is 14.7 Å². The fourth-order valence-electron chi connectivity index (χ4n) is 4.46. The molecule has 2 aromatic carbocycles. The predicted molar refractivity (Wildman–Crippen MR) is 137 cm³/mol. The molecule has 2 aromatic rings. The number of rotatable bonds is 7. The zero-order chi connectivity index (χ0) is 24.9. The number of hydrogen-bond acceptors (Lipinski definition) is 4.